The van der Waals surface area contributed by atoms with Crippen molar-refractivity contribution in [1.82, 2.24) is 0 Å². The normalized spacial score (nSPS) is 13.6. The van der Waals surface area contributed by atoms with Gasteiger partial charge in [0.1, 0.15) is 0 Å². The fourth-order valence-electron chi connectivity index (χ4n) is 2.47. The molecule has 0 saturated heterocycles. The Labute approximate surface area is 111 Å². The largest absolute Gasteiger partial charge is 0.442 e. The molecule has 2 nitrogen and oxygen atoms in total. The first kappa shape index (κ1) is 11.5. The van der Waals surface area contributed by atoms with E-state index in [0.29, 0.717) is 12.2 Å². The molecule has 18 heavy (non-hydrogen) atoms. The maximum atomic E-state index is 12.0. The summed E-state index contributed by atoms with van der Waals surface area (Å²) in [7, 11) is 0. The van der Waals surface area contributed by atoms with Crippen molar-refractivity contribution in [3.05, 3.63) is 58.0 Å². The zero-order chi connectivity index (χ0) is 12.5. The molecule has 92 valence electrons. The second-order valence-corrected chi connectivity index (χ2v) is 5.03. The van der Waals surface area contributed by atoms with Crippen LogP contribution in [0.2, 0.25) is 5.22 Å². The van der Waals surface area contributed by atoms with Gasteiger partial charge in [0.2, 0.25) is 5.78 Å². The number of aryl methyl sites for hydroxylation is 2. The van der Waals surface area contributed by atoms with Gasteiger partial charge in [0, 0.05) is 6.42 Å². The van der Waals surface area contributed by atoms with Gasteiger partial charge in [-0.05, 0) is 59.7 Å². The number of halogens is 1. The minimum absolute atomic E-state index is 0.0279. The Morgan fingerprint density at radius 1 is 1.17 bits per heavy atom. The SMILES string of the molecule is O=C(Cc1ccc2c(c1)CCC2)c1ccc(Cl)o1. The Morgan fingerprint density at radius 3 is 2.78 bits per heavy atom. The second-order valence-electron chi connectivity index (χ2n) is 4.66. The lowest BCUT2D eigenvalue weighted by atomic mass is 10.0. The van der Waals surface area contributed by atoms with Crippen molar-refractivity contribution in [3.8, 4) is 0 Å². The van der Waals surface area contributed by atoms with Gasteiger partial charge in [0.05, 0.1) is 0 Å². The fourth-order valence-corrected chi connectivity index (χ4v) is 2.62. The van der Waals surface area contributed by atoms with Crippen LogP contribution in [0.5, 0.6) is 0 Å². The molecule has 0 saturated carbocycles. The smallest absolute Gasteiger partial charge is 0.202 e. The number of fused-ring (bicyclic) bond motifs is 1. The number of Topliss-reactive ketones (excluding diaryl/α,β-unsaturated/α-hetero) is 1. The molecule has 0 N–H and O–H groups in total. The Kier molecular flexibility index (Phi) is 2.96. The van der Waals surface area contributed by atoms with Crippen LogP contribution < -0.4 is 0 Å². The van der Waals surface area contributed by atoms with Gasteiger partial charge in [-0.15, -0.1) is 0 Å². The molecule has 1 aromatic carbocycles. The molecule has 0 spiro atoms. The highest BCUT2D eigenvalue weighted by atomic mass is 35.5. The van der Waals surface area contributed by atoms with Crippen LogP contribution in [0.25, 0.3) is 0 Å². The van der Waals surface area contributed by atoms with Gasteiger partial charge < -0.3 is 4.42 Å². The van der Waals surface area contributed by atoms with E-state index in [2.05, 4.69) is 12.1 Å². The van der Waals surface area contributed by atoms with E-state index in [1.54, 1.807) is 12.1 Å². The number of furan rings is 1. The number of carbonyl (C=O) groups excluding carboxylic acids is 1. The molecular formula is C15H13ClO2. The third kappa shape index (κ3) is 2.21. The average molecular weight is 261 g/mol. The van der Waals surface area contributed by atoms with E-state index >= 15 is 0 Å². The summed E-state index contributed by atoms with van der Waals surface area (Å²) in [6.07, 6.45) is 3.89. The second kappa shape index (κ2) is 4.62. The van der Waals surface area contributed by atoms with Crippen molar-refractivity contribution in [1.29, 1.82) is 0 Å². The maximum absolute atomic E-state index is 12.0. The Morgan fingerprint density at radius 2 is 2.00 bits per heavy atom. The molecule has 1 aliphatic carbocycles. The molecule has 0 bridgehead atoms. The van der Waals surface area contributed by atoms with Crippen molar-refractivity contribution in [2.75, 3.05) is 0 Å². The maximum Gasteiger partial charge on any atom is 0.202 e. The van der Waals surface area contributed by atoms with Crippen molar-refractivity contribution < 1.29 is 9.21 Å². The Bertz CT molecular complexity index is 598. The topological polar surface area (TPSA) is 30.2 Å². The summed E-state index contributed by atoms with van der Waals surface area (Å²) in [5.74, 6) is 0.306. The molecule has 0 fully saturated rings. The van der Waals surface area contributed by atoms with E-state index in [-0.39, 0.29) is 11.0 Å². The molecule has 0 unspecified atom stereocenters. The van der Waals surface area contributed by atoms with Gasteiger partial charge in [-0.2, -0.15) is 0 Å². The van der Waals surface area contributed by atoms with Crippen LogP contribution in [0.15, 0.2) is 34.7 Å². The summed E-state index contributed by atoms with van der Waals surface area (Å²) >= 11 is 5.67. The van der Waals surface area contributed by atoms with Crippen molar-refractivity contribution in [2.24, 2.45) is 0 Å². The van der Waals surface area contributed by atoms with E-state index < -0.39 is 0 Å². The van der Waals surface area contributed by atoms with Crippen LogP contribution in [0.1, 0.15) is 33.7 Å². The summed E-state index contributed by atoms with van der Waals surface area (Å²) < 4.78 is 5.13. The lowest BCUT2D eigenvalue weighted by molar-refractivity contribution is 0.0966. The van der Waals surface area contributed by atoms with Crippen LogP contribution in [-0.2, 0) is 19.3 Å². The molecule has 2 aromatic rings. The summed E-state index contributed by atoms with van der Waals surface area (Å²) in [4.78, 5) is 12.0. The quantitative estimate of drug-likeness (QED) is 0.785. The van der Waals surface area contributed by atoms with Crippen LogP contribution in [-0.4, -0.2) is 5.78 Å². The molecule has 0 aliphatic heterocycles. The molecular weight excluding hydrogens is 248 g/mol. The highest BCUT2D eigenvalue weighted by Crippen LogP contribution is 2.23. The Hall–Kier alpha value is -1.54. The van der Waals surface area contributed by atoms with E-state index in [9.17, 15) is 4.79 Å². The van der Waals surface area contributed by atoms with E-state index in [4.69, 9.17) is 16.0 Å². The minimum atomic E-state index is -0.0279. The van der Waals surface area contributed by atoms with Crippen molar-refractivity contribution in [2.45, 2.75) is 25.7 Å². The Balaban J connectivity index is 1.78. The third-order valence-corrected chi connectivity index (χ3v) is 3.58. The van der Waals surface area contributed by atoms with Crippen LogP contribution in [0.4, 0.5) is 0 Å². The van der Waals surface area contributed by atoms with Gasteiger partial charge in [-0.25, -0.2) is 0 Å². The number of ketones is 1. The highest BCUT2D eigenvalue weighted by Gasteiger charge is 2.14. The summed E-state index contributed by atoms with van der Waals surface area (Å²) in [5.41, 5.74) is 3.86. The van der Waals surface area contributed by atoms with E-state index in [1.807, 2.05) is 6.07 Å². The molecule has 1 aliphatic rings. The molecule has 1 aromatic heterocycles. The predicted molar refractivity (Wildman–Crippen MR) is 70.2 cm³/mol. The number of hydrogen-bond donors (Lipinski definition) is 0. The van der Waals surface area contributed by atoms with Crippen LogP contribution in [0, 0.1) is 0 Å². The monoisotopic (exact) mass is 260 g/mol. The first-order valence-corrected chi connectivity index (χ1v) is 6.49. The fraction of sp³-hybridized carbons (Fsp3) is 0.267. The number of rotatable bonds is 3. The van der Waals surface area contributed by atoms with Gasteiger partial charge in [0.15, 0.2) is 11.0 Å². The predicted octanol–water partition coefficient (Wildman–Crippen LogP) is 3.85. The van der Waals surface area contributed by atoms with Gasteiger partial charge in [-0.1, -0.05) is 18.2 Å². The first-order valence-electron chi connectivity index (χ1n) is 6.11. The van der Waals surface area contributed by atoms with Gasteiger partial charge in [0.25, 0.3) is 0 Å². The van der Waals surface area contributed by atoms with E-state index in [0.717, 1.165) is 18.4 Å². The van der Waals surface area contributed by atoms with E-state index in [1.165, 1.54) is 17.5 Å². The molecule has 0 radical (unpaired) electrons. The first-order chi connectivity index (χ1) is 8.72. The standard InChI is InChI=1S/C15H13ClO2/c16-15-7-6-14(18-15)13(17)9-10-4-5-11-2-1-3-12(11)8-10/h4-8H,1-3,9H2. The molecule has 1 heterocycles. The molecule has 0 atom stereocenters. The number of benzene rings is 1. The van der Waals surface area contributed by atoms with Crippen molar-refractivity contribution in [3.63, 3.8) is 0 Å². The minimum Gasteiger partial charge on any atom is -0.442 e. The van der Waals surface area contributed by atoms with Crippen LogP contribution >= 0.6 is 11.6 Å². The third-order valence-electron chi connectivity index (χ3n) is 3.38. The molecule has 0 amide bonds. The zero-order valence-electron chi connectivity index (χ0n) is 9.91. The summed E-state index contributed by atoms with van der Waals surface area (Å²) in [6.45, 7) is 0. The lowest BCUT2D eigenvalue weighted by Crippen LogP contribution is -2.02. The number of carbonyl (C=O) groups is 1. The van der Waals surface area contributed by atoms with Gasteiger partial charge in [-0.3, -0.25) is 4.79 Å². The number of hydrogen-bond acceptors (Lipinski definition) is 2. The molecule has 3 heteroatoms. The van der Waals surface area contributed by atoms with Crippen molar-refractivity contribution >= 4 is 17.4 Å². The highest BCUT2D eigenvalue weighted by molar-refractivity contribution is 6.29. The van der Waals surface area contributed by atoms with Crippen LogP contribution in [0.3, 0.4) is 0 Å². The summed E-state index contributed by atoms with van der Waals surface area (Å²) in [6, 6.07) is 9.53. The average Bonchev–Trinajstić information content (AvgIpc) is 2.96. The van der Waals surface area contributed by atoms with Gasteiger partial charge >= 0.3 is 0 Å². The zero-order valence-corrected chi connectivity index (χ0v) is 10.7. The molecule has 3 rings (SSSR count). The lowest BCUT2D eigenvalue weighted by Gasteiger charge is -2.03. The summed E-state index contributed by atoms with van der Waals surface area (Å²) in [5, 5.41) is 0.257.